The van der Waals surface area contributed by atoms with Crippen LogP contribution in [0.3, 0.4) is 0 Å². The van der Waals surface area contributed by atoms with Crippen molar-refractivity contribution in [2.45, 2.75) is 82.4 Å². The third-order valence-electron chi connectivity index (χ3n) is 7.38. The Kier molecular flexibility index (Phi) is 7.05. The smallest absolute Gasteiger partial charge is 0.246 e. The number of hydrogen-bond donors (Lipinski definition) is 3. The zero-order chi connectivity index (χ0) is 23.8. The van der Waals surface area contributed by atoms with Gasteiger partial charge in [-0.3, -0.25) is 14.4 Å². The van der Waals surface area contributed by atoms with Crippen LogP contribution in [0.5, 0.6) is 0 Å². The largest absolute Gasteiger partial charge is 0.347 e. The highest BCUT2D eigenvalue weighted by molar-refractivity contribution is 7.99. The van der Waals surface area contributed by atoms with Crippen LogP contribution in [-0.2, 0) is 20.8 Å². The van der Waals surface area contributed by atoms with Gasteiger partial charge in [0, 0.05) is 0 Å². The van der Waals surface area contributed by atoms with Gasteiger partial charge in [0.1, 0.15) is 12.1 Å². The Bertz CT molecular complexity index is 921. The molecule has 0 bridgehead atoms. The molecule has 2 aliphatic heterocycles. The van der Waals surface area contributed by atoms with Gasteiger partial charge in [0.15, 0.2) is 0 Å². The average molecular weight is 473 g/mol. The van der Waals surface area contributed by atoms with Crippen LogP contribution in [-0.4, -0.2) is 58.9 Å². The number of fused-ring (bicyclic) bond motifs is 2. The molecule has 5 atom stereocenters. The first-order valence-corrected chi connectivity index (χ1v) is 13.1. The molecule has 4 rings (SSSR count). The maximum absolute atomic E-state index is 13.7. The number of nitrogens with zero attached hydrogens (tertiary/aromatic N) is 1. The third kappa shape index (κ3) is 4.78. The van der Waals surface area contributed by atoms with Crippen molar-refractivity contribution >= 4 is 29.5 Å². The highest BCUT2D eigenvalue weighted by Crippen LogP contribution is 2.46. The first-order chi connectivity index (χ1) is 15.7. The number of amides is 3. The summed E-state index contributed by atoms with van der Waals surface area (Å²) < 4.78 is 0. The zero-order valence-corrected chi connectivity index (χ0v) is 20.8. The zero-order valence-electron chi connectivity index (χ0n) is 20.0. The van der Waals surface area contributed by atoms with E-state index in [9.17, 15) is 14.4 Å². The number of carbonyl (C=O) groups is 3. The van der Waals surface area contributed by atoms with Gasteiger partial charge >= 0.3 is 0 Å². The molecule has 33 heavy (non-hydrogen) atoms. The van der Waals surface area contributed by atoms with Gasteiger partial charge in [-0.15, -0.1) is 11.8 Å². The van der Waals surface area contributed by atoms with Gasteiger partial charge in [0.05, 0.1) is 17.5 Å². The lowest BCUT2D eigenvalue weighted by molar-refractivity contribution is -0.144. The van der Waals surface area contributed by atoms with E-state index in [0.717, 1.165) is 31.4 Å². The summed E-state index contributed by atoms with van der Waals surface area (Å²) in [4.78, 5) is 41.6. The summed E-state index contributed by atoms with van der Waals surface area (Å²) in [6.45, 7) is 5.92. The van der Waals surface area contributed by atoms with Crippen molar-refractivity contribution < 1.29 is 14.4 Å². The van der Waals surface area contributed by atoms with E-state index in [1.807, 2.05) is 12.1 Å². The molecule has 2 saturated heterocycles. The number of thioether (sulfide) groups is 1. The van der Waals surface area contributed by atoms with E-state index in [-0.39, 0.29) is 40.6 Å². The van der Waals surface area contributed by atoms with Gasteiger partial charge in [-0.05, 0) is 68.4 Å². The van der Waals surface area contributed by atoms with Gasteiger partial charge in [-0.1, -0.05) is 38.1 Å². The monoisotopic (exact) mass is 472 g/mol. The van der Waals surface area contributed by atoms with Crippen molar-refractivity contribution in [3.63, 3.8) is 0 Å². The van der Waals surface area contributed by atoms with Gasteiger partial charge in [-0.25, -0.2) is 0 Å². The molecule has 3 N–H and O–H groups in total. The van der Waals surface area contributed by atoms with Gasteiger partial charge in [-0.2, -0.15) is 0 Å². The Balaban J connectivity index is 1.56. The molecule has 3 amide bonds. The van der Waals surface area contributed by atoms with E-state index in [1.165, 1.54) is 11.1 Å². The van der Waals surface area contributed by atoms with Crippen LogP contribution in [0.2, 0.25) is 0 Å². The summed E-state index contributed by atoms with van der Waals surface area (Å²) in [7, 11) is 1.72. The minimum atomic E-state index is -0.606. The van der Waals surface area contributed by atoms with Crippen LogP contribution in [0.15, 0.2) is 24.3 Å². The van der Waals surface area contributed by atoms with Crippen molar-refractivity contribution in [1.29, 1.82) is 0 Å². The maximum Gasteiger partial charge on any atom is 0.246 e. The number of rotatable bonds is 5. The van der Waals surface area contributed by atoms with Crippen molar-refractivity contribution in [3.05, 3.63) is 35.4 Å². The second-order valence-electron chi connectivity index (χ2n) is 10.2. The molecule has 8 heteroatoms. The summed E-state index contributed by atoms with van der Waals surface area (Å²) >= 11 is 1.72. The van der Waals surface area contributed by atoms with E-state index in [2.05, 4.69) is 41.9 Å². The van der Waals surface area contributed by atoms with E-state index in [1.54, 1.807) is 30.6 Å². The molecular weight excluding hydrogens is 436 g/mol. The Morgan fingerprint density at radius 3 is 2.67 bits per heavy atom. The molecule has 0 saturated carbocycles. The predicted octanol–water partition coefficient (Wildman–Crippen LogP) is 2.36. The molecule has 1 aliphatic carbocycles. The fourth-order valence-electron chi connectivity index (χ4n) is 5.43. The molecule has 1 aromatic rings. The summed E-state index contributed by atoms with van der Waals surface area (Å²) in [6.07, 6.45) is 4.31. The number of aryl methyl sites for hydroxylation is 1. The second kappa shape index (κ2) is 9.66. The number of hydrogen-bond acceptors (Lipinski definition) is 5. The molecule has 2 fully saturated rings. The summed E-state index contributed by atoms with van der Waals surface area (Å²) in [6, 6.07) is 6.73. The molecule has 3 aliphatic rings. The van der Waals surface area contributed by atoms with Crippen molar-refractivity contribution in [1.82, 2.24) is 20.9 Å². The number of benzene rings is 1. The van der Waals surface area contributed by atoms with Crippen molar-refractivity contribution in [3.8, 4) is 0 Å². The molecule has 0 aromatic heterocycles. The lowest BCUT2D eigenvalue weighted by atomic mass is 9.83. The fourth-order valence-corrected chi connectivity index (χ4v) is 7.01. The van der Waals surface area contributed by atoms with Crippen LogP contribution < -0.4 is 16.0 Å². The van der Waals surface area contributed by atoms with Gasteiger partial charge in [0.25, 0.3) is 0 Å². The molecule has 180 valence electrons. The Morgan fingerprint density at radius 2 is 1.91 bits per heavy atom. The Labute approximate surface area is 200 Å². The first-order valence-electron chi connectivity index (χ1n) is 12.0. The number of nitrogens with one attached hydrogen (secondary N) is 3. The Morgan fingerprint density at radius 1 is 1.15 bits per heavy atom. The fraction of sp³-hybridized carbons (Fsp3) is 0.640. The Hall–Kier alpha value is -2.06. The van der Waals surface area contributed by atoms with E-state index >= 15 is 0 Å². The molecule has 0 spiro atoms. The topological polar surface area (TPSA) is 90.5 Å². The van der Waals surface area contributed by atoms with Gasteiger partial charge < -0.3 is 20.9 Å². The van der Waals surface area contributed by atoms with Crippen LogP contribution >= 0.6 is 11.8 Å². The highest BCUT2D eigenvalue weighted by atomic mass is 32.2. The molecule has 2 heterocycles. The SMILES string of the molecule is CN[C@@H](C)C(=O)N[C@H]1CCS[C@H]2CC(C)(C)[C@H](C(=O)N[C@@H]3CCCc4ccccc43)N2C1=O. The number of carbonyl (C=O) groups excluding carboxylic acids is 3. The first kappa shape index (κ1) is 24.1. The maximum atomic E-state index is 13.7. The van der Waals surface area contributed by atoms with E-state index in [4.69, 9.17) is 0 Å². The van der Waals surface area contributed by atoms with Crippen LogP contribution in [0.4, 0.5) is 0 Å². The predicted molar refractivity (Wildman–Crippen MR) is 131 cm³/mol. The molecule has 1 aromatic carbocycles. The third-order valence-corrected chi connectivity index (χ3v) is 8.63. The van der Waals surface area contributed by atoms with Crippen LogP contribution in [0, 0.1) is 5.41 Å². The van der Waals surface area contributed by atoms with Crippen molar-refractivity contribution in [2.75, 3.05) is 12.8 Å². The minimum Gasteiger partial charge on any atom is -0.347 e. The lowest BCUT2D eigenvalue weighted by Gasteiger charge is -2.36. The van der Waals surface area contributed by atoms with E-state index < -0.39 is 12.1 Å². The lowest BCUT2D eigenvalue weighted by Crippen LogP contribution is -2.58. The quantitative estimate of drug-likeness (QED) is 0.612. The highest BCUT2D eigenvalue weighted by Gasteiger charge is 2.54. The minimum absolute atomic E-state index is 0.0287. The van der Waals surface area contributed by atoms with Crippen molar-refractivity contribution in [2.24, 2.45) is 5.41 Å². The van der Waals surface area contributed by atoms with Crippen LogP contribution in [0.25, 0.3) is 0 Å². The molecular formula is C25H36N4O3S. The summed E-state index contributed by atoms with van der Waals surface area (Å²) in [5, 5.41) is 9.07. The molecule has 0 radical (unpaired) electrons. The average Bonchev–Trinajstić information content (AvgIpc) is 2.99. The summed E-state index contributed by atoms with van der Waals surface area (Å²) in [5.74, 6) is 0.342. The van der Waals surface area contributed by atoms with Gasteiger partial charge in [0.2, 0.25) is 17.7 Å². The molecule has 7 nitrogen and oxygen atoms in total. The second-order valence-corrected chi connectivity index (χ2v) is 11.5. The molecule has 0 unspecified atom stereocenters. The van der Waals surface area contributed by atoms with Crippen LogP contribution in [0.1, 0.15) is 63.6 Å². The number of likely N-dealkylation sites (N-methyl/N-ethyl adjacent to an activating group) is 1. The normalized spacial score (nSPS) is 29.5. The summed E-state index contributed by atoms with van der Waals surface area (Å²) in [5.41, 5.74) is 2.13. The standard InChI is InChI=1S/C25H36N4O3S/c1-15(26-4)22(30)28-19-12-13-33-20-14-25(2,3)21(29(20)24(19)32)23(31)27-18-11-7-9-16-8-5-6-10-17(16)18/h5-6,8,10,15,18-21,26H,7,9,11-14H2,1-4H3,(H,27,31)(H,28,30)/t15-,18+,19-,20-,21-/m0/s1. The van der Waals surface area contributed by atoms with E-state index in [0.29, 0.717) is 6.42 Å².